The van der Waals surface area contributed by atoms with Gasteiger partial charge in [0.1, 0.15) is 0 Å². The van der Waals surface area contributed by atoms with E-state index in [4.69, 9.17) is 0 Å². The monoisotopic (exact) mass is 403 g/mol. The van der Waals surface area contributed by atoms with Crippen molar-refractivity contribution in [3.05, 3.63) is 107 Å². The second kappa shape index (κ2) is 8.36. The smallest absolute Gasteiger partial charge is 0.207 e. The first kappa shape index (κ1) is 19.6. The van der Waals surface area contributed by atoms with Crippen molar-refractivity contribution in [1.82, 2.24) is 4.72 Å². The molecule has 3 aromatic carbocycles. The molecule has 0 spiro atoms. The third-order valence-corrected chi connectivity index (χ3v) is 6.91. The van der Waals surface area contributed by atoms with Gasteiger partial charge in [-0.05, 0) is 60.6 Å². The molecular weight excluding hydrogens is 378 g/mol. The average Bonchev–Trinajstić information content (AvgIpc) is 2.74. The van der Waals surface area contributed by atoms with Gasteiger partial charge in [-0.3, -0.25) is 0 Å². The number of fused-ring (bicyclic) bond motifs is 1. The summed E-state index contributed by atoms with van der Waals surface area (Å²) in [6, 6.07) is 24.9. The molecule has 1 unspecified atom stereocenters. The highest BCUT2D eigenvalue weighted by molar-refractivity contribution is 7.89. The van der Waals surface area contributed by atoms with Gasteiger partial charge in [-0.1, -0.05) is 78.4 Å². The van der Waals surface area contributed by atoms with Crippen LogP contribution in [0.1, 0.15) is 41.1 Å². The highest BCUT2D eigenvalue weighted by Crippen LogP contribution is 2.34. The predicted octanol–water partition coefficient (Wildman–Crippen LogP) is 5.43. The fourth-order valence-electron chi connectivity index (χ4n) is 3.86. The van der Waals surface area contributed by atoms with Crippen LogP contribution in [-0.4, -0.2) is 8.42 Å². The zero-order valence-corrected chi connectivity index (χ0v) is 17.3. The quantitative estimate of drug-likeness (QED) is 0.596. The summed E-state index contributed by atoms with van der Waals surface area (Å²) < 4.78 is 29.1. The van der Waals surface area contributed by atoms with Gasteiger partial charge in [-0.25, -0.2) is 13.1 Å². The van der Waals surface area contributed by atoms with Crippen LogP contribution in [0.3, 0.4) is 0 Å². The lowest BCUT2D eigenvalue weighted by Crippen LogP contribution is -2.29. The second-order valence-corrected chi connectivity index (χ2v) is 9.24. The molecule has 1 aliphatic carbocycles. The highest BCUT2D eigenvalue weighted by Gasteiger charge is 2.24. The number of nitrogens with one attached hydrogen (secondary N) is 1. The fourth-order valence-corrected chi connectivity index (χ4v) is 5.09. The Balaban J connectivity index is 1.66. The summed E-state index contributed by atoms with van der Waals surface area (Å²) >= 11 is 0. The molecule has 0 saturated heterocycles. The summed E-state index contributed by atoms with van der Waals surface area (Å²) in [5, 5.41) is 0. The first-order valence-electron chi connectivity index (χ1n) is 9.94. The number of benzene rings is 3. The third-order valence-electron chi connectivity index (χ3n) is 5.42. The van der Waals surface area contributed by atoms with Gasteiger partial charge in [0.15, 0.2) is 0 Å². The van der Waals surface area contributed by atoms with Crippen LogP contribution >= 0.6 is 0 Å². The van der Waals surface area contributed by atoms with Crippen LogP contribution < -0.4 is 4.72 Å². The molecule has 4 rings (SSSR count). The number of hydrogen-bond donors (Lipinski definition) is 1. The SMILES string of the molecule is Cc1ccc(S(=O)(=O)NC(CC2=CCCc3ccccc32)c2ccccc2)cc1. The van der Waals surface area contributed by atoms with Crippen molar-refractivity contribution in [1.29, 1.82) is 0 Å². The standard InChI is InChI=1S/C25H25NO2S/c1-19-14-16-23(17-15-19)29(27,28)26-25(21-9-3-2-4-10-21)18-22-12-7-11-20-8-5-6-13-24(20)22/h2-6,8-10,12-17,25-26H,7,11,18H2,1H3. The van der Waals surface area contributed by atoms with Crippen LogP contribution in [0.2, 0.25) is 0 Å². The molecule has 3 nitrogen and oxygen atoms in total. The second-order valence-electron chi connectivity index (χ2n) is 7.53. The topological polar surface area (TPSA) is 46.2 Å². The Bertz CT molecular complexity index is 1120. The average molecular weight is 404 g/mol. The normalized spacial score (nSPS) is 14.7. The van der Waals surface area contributed by atoms with Crippen LogP contribution in [0.25, 0.3) is 5.57 Å². The van der Waals surface area contributed by atoms with Crippen LogP contribution in [-0.2, 0) is 16.4 Å². The fraction of sp³-hybridized carbons (Fsp3) is 0.200. The number of rotatable bonds is 6. The first-order chi connectivity index (χ1) is 14.0. The van der Waals surface area contributed by atoms with Crippen molar-refractivity contribution in [2.24, 2.45) is 0 Å². The van der Waals surface area contributed by atoms with Gasteiger partial charge in [0.05, 0.1) is 10.9 Å². The Morgan fingerprint density at radius 3 is 2.34 bits per heavy atom. The molecule has 29 heavy (non-hydrogen) atoms. The Labute approximate surface area is 173 Å². The number of hydrogen-bond acceptors (Lipinski definition) is 2. The molecule has 3 aromatic rings. The maximum Gasteiger partial charge on any atom is 0.241 e. The Morgan fingerprint density at radius 1 is 0.897 bits per heavy atom. The maximum atomic E-state index is 13.1. The first-order valence-corrected chi connectivity index (χ1v) is 11.4. The molecule has 4 heteroatoms. The van der Waals surface area contributed by atoms with Crippen molar-refractivity contribution in [2.45, 2.75) is 37.1 Å². The van der Waals surface area contributed by atoms with E-state index in [-0.39, 0.29) is 6.04 Å². The molecule has 0 fully saturated rings. The Kier molecular flexibility index (Phi) is 5.65. The van der Waals surface area contributed by atoms with Crippen molar-refractivity contribution in [2.75, 3.05) is 0 Å². The molecule has 1 atom stereocenters. The molecule has 0 amide bonds. The third kappa shape index (κ3) is 4.50. The van der Waals surface area contributed by atoms with Gasteiger partial charge in [-0.15, -0.1) is 0 Å². The molecule has 0 saturated carbocycles. The van der Waals surface area contributed by atoms with E-state index in [0.29, 0.717) is 11.3 Å². The lowest BCUT2D eigenvalue weighted by Gasteiger charge is -2.24. The van der Waals surface area contributed by atoms with E-state index < -0.39 is 10.0 Å². The lowest BCUT2D eigenvalue weighted by molar-refractivity contribution is 0.559. The van der Waals surface area contributed by atoms with Crippen LogP contribution in [0.15, 0.2) is 89.8 Å². The van der Waals surface area contributed by atoms with Crippen LogP contribution in [0.4, 0.5) is 0 Å². The van der Waals surface area contributed by atoms with E-state index in [9.17, 15) is 8.42 Å². The Morgan fingerprint density at radius 2 is 1.59 bits per heavy atom. The molecule has 0 bridgehead atoms. The van der Waals surface area contributed by atoms with Crippen molar-refractivity contribution < 1.29 is 8.42 Å². The van der Waals surface area contributed by atoms with Gasteiger partial charge in [-0.2, -0.15) is 0 Å². The minimum atomic E-state index is -3.63. The van der Waals surface area contributed by atoms with Gasteiger partial charge < -0.3 is 0 Å². The van der Waals surface area contributed by atoms with E-state index in [1.807, 2.05) is 55.5 Å². The molecule has 0 heterocycles. The summed E-state index contributed by atoms with van der Waals surface area (Å²) in [6.07, 6.45) is 4.88. The minimum absolute atomic E-state index is 0.294. The van der Waals surface area contributed by atoms with Crippen molar-refractivity contribution in [3.8, 4) is 0 Å². The maximum absolute atomic E-state index is 13.1. The van der Waals surface area contributed by atoms with Gasteiger partial charge in [0.2, 0.25) is 10.0 Å². The van der Waals surface area contributed by atoms with Crippen molar-refractivity contribution >= 4 is 15.6 Å². The van der Waals surface area contributed by atoms with E-state index in [0.717, 1.165) is 24.0 Å². The lowest BCUT2D eigenvalue weighted by atomic mass is 9.86. The molecule has 0 radical (unpaired) electrons. The Hall–Kier alpha value is -2.69. The molecule has 148 valence electrons. The molecule has 1 aliphatic rings. The summed E-state index contributed by atoms with van der Waals surface area (Å²) in [5.74, 6) is 0. The van der Waals surface area contributed by atoms with Crippen molar-refractivity contribution in [3.63, 3.8) is 0 Å². The van der Waals surface area contributed by atoms with Gasteiger partial charge >= 0.3 is 0 Å². The highest BCUT2D eigenvalue weighted by atomic mass is 32.2. The zero-order valence-electron chi connectivity index (χ0n) is 16.5. The number of sulfonamides is 1. The molecule has 0 aliphatic heterocycles. The largest absolute Gasteiger partial charge is 0.241 e. The van der Waals surface area contributed by atoms with E-state index in [1.165, 1.54) is 16.7 Å². The predicted molar refractivity (Wildman–Crippen MR) is 118 cm³/mol. The minimum Gasteiger partial charge on any atom is -0.207 e. The van der Waals surface area contributed by atoms with E-state index >= 15 is 0 Å². The summed E-state index contributed by atoms with van der Waals surface area (Å²) in [6.45, 7) is 1.95. The molecule has 1 N–H and O–H groups in total. The van der Waals surface area contributed by atoms with Crippen LogP contribution in [0.5, 0.6) is 0 Å². The van der Waals surface area contributed by atoms with E-state index in [2.05, 4.69) is 29.0 Å². The number of aryl methyl sites for hydroxylation is 2. The van der Waals surface area contributed by atoms with Crippen LogP contribution in [0, 0.1) is 6.92 Å². The molecular formula is C25H25NO2S. The van der Waals surface area contributed by atoms with E-state index in [1.54, 1.807) is 12.1 Å². The summed E-state index contributed by atoms with van der Waals surface area (Å²) in [7, 11) is -3.63. The summed E-state index contributed by atoms with van der Waals surface area (Å²) in [4.78, 5) is 0.294. The zero-order chi connectivity index (χ0) is 20.3. The number of allylic oxidation sites excluding steroid dienone is 1. The summed E-state index contributed by atoms with van der Waals surface area (Å²) in [5.41, 5.74) is 5.76. The molecule has 0 aromatic heterocycles. The van der Waals surface area contributed by atoms with Gasteiger partial charge in [0, 0.05) is 0 Å². The van der Waals surface area contributed by atoms with Gasteiger partial charge in [0.25, 0.3) is 0 Å².